The largest absolute Gasteiger partial charge is 0.756 e. The lowest BCUT2D eigenvalue weighted by atomic mass is 10.0. The van der Waals surface area contributed by atoms with E-state index in [2.05, 4.69) is 38.2 Å². The van der Waals surface area contributed by atoms with Crippen molar-refractivity contribution in [3.05, 3.63) is 24.3 Å². The topological polar surface area (TPSA) is 111 Å². The van der Waals surface area contributed by atoms with Gasteiger partial charge in [0.05, 0.1) is 27.7 Å². The zero-order valence-corrected chi connectivity index (χ0v) is 38.7. The zero-order chi connectivity index (χ0) is 42.1. The third-order valence-electron chi connectivity index (χ3n) is 10.2. The Bertz CT molecular complexity index is 1030. The number of quaternary nitrogens is 1. The van der Waals surface area contributed by atoms with E-state index in [1.54, 1.807) is 0 Å². The number of carbonyl (C=O) groups is 2. The Kier molecular flexibility index (Phi) is 38.9. The molecule has 1 unspecified atom stereocenters. The van der Waals surface area contributed by atoms with Crippen LogP contribution >= 0.6 is 7.82 Å². The third-order valence-corrected chi connectivity index (χ3v) is 11.2. The van der Waals surface area contributed by atoms with Gasteiger partial charge in [0.2, 0.25) is 0 Å². The molecule has 9 nitrogen and oxygen atoms in total. The summed E-state index contributed by atoms with van der Waals surface area (Å²) in [7, 11) is 1.17. The summed E-state index contributed by atoms with van der Waals surface area (Å²) in [6, 6.07) is 0. The molecule has 0 heterocycles. The standard InChI is InChI=1S/C47H90NO8P/c1-6-8-10-12-14-16-18-20-22-23-24-25-26-28-30-32-34-36-38-40-47(50)56-45(44-55-57(51,52)54-42-41-48(3,4)5)43-53-46(49)39-37-35-33-31-29-27-21-19-17-15-13-11-9-7-2/h14,16,20,22,45H,6-13,15,17-19,21,23-44H2,1-5H3/b16-14+,22-20+/t45-/m1/s1. The first-order chi connectivity index (χ1) is 27.5. The Morgan fingerprint density at radius 3 is 1.42 bits per heavy atom. The van der Waals surface area contributed by atoms with Gasteiger partial charge in [0, 0.05) is 12.8 Å². The van der Waals surface area contributed by atoms with Crippen LogP contribution < -0.4 is 4.89 Å². The smallest absolute Gasteiger partial charge is 0.306 e. The second-order valence-corrected chi connectivity index (χ2v) is 18.5. The maximum Gasteiger partial charge on any atom is 0.306 e. The van der Waals surface area contributed by atoms with Crippen LogP contribution in [-0.4, -0.2) is 70.0 Å². The normalized spacial score (nSPS) is 13.7. The van der Waals surface area contributed by atoms with Crippen LogP contribution in [-0.2, 0) is 32.7 Å². The fourth-order valence-corrected chi connectivity index (χ4v) is 7.24. The van der Waals surface area contributed by atoms with E-state index in [1.807, 2.05) is 21.1 Å². The number of hydrogen-bond donors (Lipinski definition) is 0. The van der Waals surface area contributed by atoms with Gasteiger partial charge in [-0.1, -0.05) is 179 Å². The van der Waals surface area contributed by atoms with Gasteiger partial charge in [-0.3, -0.25) is 14.2 Å². The lowest BCUT2D eigenvalue weighted by molar-refractivity contribution is -0.870. The average Bonchev–Trinajstić information content (AvgIpc) is 3.16. The molecule has 0 saturated heterocycles. The molecule has 0 aromatic carbocycles. The molecular weight excluding hydrogens is 737 g/mol. The molecule has 0 radical (unpaired) electrons. The molecule has 0 fully saturated rings. The molecular formula is C47H90NO8P. The first-order valence-electron chi connectivity index (χ1n) is 23.5. The molecule has 0 aliphatic rings. The zero-order valence-electron chi connectivity index (χ0n) is 37.8. The van der Waals surface area contributed by atoms with Gasteiger partial charge >= 0.3 is 11.9 Å². The number of carbonyl (C=O) groups excluding carboxylic acids is 2. The minimum atomic E-state index is -4.62. The van der Waals surface area contributed by atoms with Crippen molar-refractivity contribution >= 4 is 19.8 Å². The van der Waals surface area contributed by atoms with Crippen molar-refractivity contribution in [2.45, 2.75) is 219 Å². The minimum Gasteiger partial charge on any atom is -0.756 e. The second-order valence-electron chi connectivity index (χ2n) is 17.1. The summed E-state index contributed by atoms with van der Waals surface area (Å²) in [5.41, 5.74) is 0. The van der Waals surface area contributed by atoms with E-state index in [9.17, 15) is 19.0 Å². The summed E-state index contributed by atoms with van der Waals surface area (Å²) in [6.45, 7) is 4.22. The quantitative estimate of drug-likeness (QED) is 0.0196. The number of allylic oxidation sites excluding steroid dienone is 4. The maximum atomic E-state index is 12.7. The maximum absolute atomic E-state index is 12.7. The van der Waals surface area contributed by atoms with Gasteiger partial charge in [0.15, 0.2) is 6.10 Å². The minimum absolute atomic E-state index is 0.0297. The molecule has 57 heavy (non-hydrogen) atoms. The number of esters is 2. The molecule has 0 spiro atoms. The summed E-state index contributed by atoms with van der Waals surface area (Å²) in [5, 5.41) is 0. The van der Waals surface area contributed by atoms with E-state index in [-0.39, 0.29) is 32.0 Å². The van der Waals surface area contributed by atoms with Crippen LogP contribution in [0.1, 0.15) is 213 Å². The van der Waals surface area contributed by atoms with E-state index in [0.29, 0.717) is 17.4 Å². The van der Waals surface area contributed by atoms with Gasteiger partial charge in [0.1, 0.15) is 19.8 Å². The van der Waals surface area contributed by atoms with Crippen molar-refractivity contribution in [2.75, 3.05) is 47.5 Å². The summed E-state index contributed by atoms with van der Waals surface area (Å²) in [5.74, 6) is -0.830. The van der Waals surface area contributed by atoms with Crippen LogP contribution in [0.15, 0.2) is 24.3 Å². The second kappa shape index (κ2) is 39.9. The number of unbranched alkanes of at least 4 members (excludes halogenated alkanes) is 25. The summed E-state index contributed by atoms with van der Waals surface area (Å²) in [4.78, 5) is 37.6. The molecule has 0 aromatic rings. The lowest BCUT2D eigenvalue weighted by Crippen LogP contribution is -2.37. The van der Waals surface area contributed by atoms with Crippen LogP contribution in [0.5, 0.6) is 0 Å². The van der Waals surface area contributed by atoms with Crippen LogP contribution in [0.3, 0.4) is 0 Å². The molecule has 0 aliphatic heterocycles. The molecule has 0 bridgehead atoms. The summed E-state index contributed by atoms with van der Waals surface area (Å²) < 4.78 is 34.0. The van der Waals surface area contributed by atoms with Crippen LogP contribution in [0.4, 0.5) is 0 Å². The van der Waals surface area contributed by atoms with Gasteiger partial charge in [0.25, 0.3) is 7.82 Å². The van der Waals surface area contributed by atoms with Gasteiger partial charge in [-0.25, -0.2) is 0 Å². The predicted molar refractivity (Wildman–Crippen MR) is 236 cm³/mol. The number of phosphoric ester groups is 1. The van der Waals surface area contributed by atoms with Crippen molar-refractivity contribution in [3.8, 4) is 0 Å². The fraction of sp³-hybridized carbons (Fsp3) is 0.872. The molecule has 0 rings (SSSR count). The van der Waals surface area contributed by atoms with Gasteiger partial charge < -0.3 is 27.9 Å². The van der Waals surface area contributed by atoms with Crippen molar-refractivity contribution in [3.63, 3.8) is 0 Å². The highest BCUT2D eigenvalue weighted by atomic mass is 31.2. The van der Waals surface area contributed by atoms with E-state index in [4.69, 9.17) is 18.5 Å². The van der Waals surface area contributed by atoms with Gasteiger partial charge in [-0.2, -0.15) is 0 Å². The third kappa shape index (κ3) is 43.9. The first-order valence-corrected chi connectivity index (χ1v) is 25.0. The Morgan fingerprint density at radius 2 is 0.947 bits per heavy atom. The van der Waals surface area contributed by atoms with E-state index in [0.717, 1.165) is 51.4 Å². The Morgan fingerprint density at radius 1 is 0.544 bits per heavy atom. The monoisotopic (exact) mass is 828 g/mol. The van der Waals surface area contributed by atoms with Crippen molar-refractivity contribution in [2.24, 2.45) is 0 Å². The van der Waals surface area contributed by atoms with Crippen molar-refractivity contribution in [1.29, 1.82) is 0 Å². The molecule has 2 atom stereocenters. The summed E-state index contributed by atoms with van der Waals surface area (Å²) in [6.07, 6.45) is 43.4. The SMILES string of the molecule is CCCCC/C=C/C/C=C/CCCCCCCCCCCC(=O)O[C@H](COC(=O)CCCCCCCCCCCCCCCC)COP(=O)([O-])OCC[N+](C)(C)C. The highest BCUT2D eigenvalue weighted by molar-refractivity contribution is 7.45. The van der Waals surface area contributed by atoms with Crippen molar-refractivity contribution in [1.82, 2.24) is 0 Å². The molecule has 0 aliphatic carbocycles. The van der Waals surface area contributed by atoms with E-state index >= 15 is 0 Å². The highest BCUT2D eigenvalue weighted by Gasteiger charge is 2.21. The number of rotatable bonds is 43. The molecule has 0 N–H and O–H groups in total. The molecule has 336 valence electrons. The van der Waals surface area contributed by atoms with E-state index < -0.39 is 26.5 Å². The molecule has 0 saturated carbocycles. The predicted octanol–water partition coefficient (Wildman–Crippen LogP) is 12.9. The Hall–Kier alpha value is -1.51. The Labute approximate surface area is 351 Å². The van der Waals surface area contributed by atoms with Crippen molar-refractivity contribution < 1.29 is 42.1 Å². The highest BCUT2D eigenvalue weighted by Crippen LogP contribution is 2.38. The van der Waals surface area contributed by atoms with E-state index in [1.165, 1.54) is 128 Å². The number of ether oxygens (including phenoxy) is 2. The van der Waals surface area contributed by atoms with Gasteiger partial charge in [-0.05, 0) is 44.9 Å². The molecule has 10 heteroatoms. The number of nitrogens with zero attached hydrogens (tertiary/aromatic N) is 1. The number of likely N-dealkylation sites (N-methyl/N-ethyl adjacent to an activating group) is 1. The summed E-state index contributed by atoms with van der Waals surface area (Å²) >= 11 is 0. The Balaban J connectivity index is 4.29. The van der Waals surface area contributed by atoms with Crippen LogP contribution in [0.25, 0.3) is 0 Å². The van der Waals surface area contributed by atoms with Crippen LogP contribution in [0.2, 0.25) is 0 Å². The number of hydrogen-bond acceptors (Lipinski definition) is 8. The number of phosphoric acid groups is 1. The van der Waals surface area contributed by atoms with Crippen LogP contribution in [0, 0.1) is 0 Å². The first kappa shape index (κ1) is 55.5. The average molecular weight is 828 g/mol. The molecule has 0 aromatic heterocycles. The molecule has 0 amide bonds. The van der Waals surface area contributed by atoms with Gasteiger partial charge in [-0.15, -0.1) is 0 Å². The fourth-order valence-electron chi connectivity index (χ4n) is 6.51. The lowest BCUT2D eigenvalue weighted by Gasteiger charge is -2.28.